The second-order valence-corrected chi connectivity index (χ2v) is 6.12. The Morgan fingerprint density at radius 3 is 2.37 bits per heavy atom. The molecular weight excluding hydrogens is 344 g/mol. The van der Waals surface area contributed by atoms with Crippen LogP contribution in [0.4, 0.5) is 5.82 Å². The third kappa shape index (κ3) is 5.57. The Bertz CT molecular complexity index is 746. The van der Waals surface area contributed by atoms with Gasteiger partial charge in [-0.25, -0.2) is 9.97 Å². The summed E-state index contributed by atoms with van der Waals surface area (Å²) >= 11 is 0. The van der Waals surface area contributed by atoms with Crippen LogP contribution in [0.15, 0.2) is 30.6 Å². The quantitative estimate of drug-likeness (QED) is 0.691. The van der Waals surface area contributed by atoms with Crippen molar-refractivity contribution < 1.29 is 14.3 Å². The number of hydrogen-bond donors (Lipinski definition) is 1. The topological polar surface area (TPSA) is 76.6 Å². The van der Waals surface area contributed by atoms with Crippen molar-refractivity contribution in [2.24, 2.45) is 0 Å². The van der Waals surface area contributed by atoms with E-state index in [2.05, 4.69) is 34.0 Å². The molecule has 2 rings (SSSR count). The lowest BCUT2D eigenvalue weighted by Crippen LogP contribution is -2.28. The Morgan fingerprint density at radius 1 is 1.04 bits per heavy atom. The van der Waals surface area contributed by atoms with Crippen LogP contribution in [-0.2, 0) is 6.54 Å². The molecule has 2 aromatic rings. The number of hydrogen-bond acceptors (Lipinski definition) is 6. The number of carbonyl (C=O) groups excluding carboxylic acids is 1. The molecule has 1 N–H and O–H groups in total. The highest BCUT2D eigenvalue weighted by atomic mass is 16.5. The van der Waals surface area contributed by atoms with Gasteiger partial charge < -0.3 is 19.7 Å². The fourth-order valence-electron chi connectivity index (χ4n) is 2.79. The maximum atomic E-state index is 12.5. The maximum absolute atomic E-state index is 12.5. The zero-order valence-electron chi connectivity index (χ0n) is 16.5. The monoisotopic (exact) mass is 372 g/mol. The number of benzene rings is 1. The van der Waals surface area contributed by atoms with E-state index in [9.17, 15) is 4.79 Å². The molecule has 0 aliphatic carbocycles. The van der Waals surface area contributed by atoms with Crippen molar-refractivity contribution in [1.29, 1.82) is 0 Å². The summed E-state index contributed by atoms with van der Waals surface area (Å²) in [6.45, 7) is 6.42. The van der Waals surface area contributed by atoms with Crippen LogP contribution in [-0.4, -0.2) is 43.2 Å². The Hall–Kier alpha value is -2.83. The van der Waals surface area contributed by atoms with Gasteiger partial charge in [0.2, 0.25) is 0 Å². The van der Waals surface area contributed by atoms with Crippen molar-refractivity contribution in [2.45, 2.75) is 33.2 Å². The van der Waals surface area contributed by atoms with Crippen LogP contribution in [0, 0.1) is 0 Å². The summed E-state index contributed by atoms with van der Waals surface area (Å²) in [6.07, 6.45) is 3.48. The SMILES string of the molecule is CCCN(CCC)c1cc(C(=O)NCc2ccc(OC)c(OC)c2)ncn1. The predicted octanol–water partition coefficient (Wildman–Crippen LogP) is 3.05. The molecular formula is C20H28N4O3. The number of amides is 1. The molecule has 7 heteroatoms. The minimum atomic E-state index is -0.235. The van der Waals surface area contributed by atoms with E-state index in [1.807, 2.05) is 18.2 Å². The Kier molecular flexibility index (Phi) is 7.85. The number of aromatic nitrogens is 2. The van der Waals surface area contributed by atoms with Crippen molar-refractivity contribution in [3.05, 3.63) is 41.9 Å². The molecule has 27 heavy (non-hydrogen) atoms. The summed E-state index contributed by atoms with van der Waals surface area (Å²) in [5, 5.41) is 2.89. The molecule has 0 fully saturated rings. The average Bonchev–Trinajstić information content (AvgIpc) is 2.71. The fraction of sp³-hybridized carbons (Fsp3) is 0.450. The van der Waals surface area contributed by atoms with E-state index in [0.29, 0.717) is 23.7 Å². The number of nitrogens with one attached hydrogen (secondary N) is 1. The maximum Gasteiger partial charge on any atom is 0.270 e. The van der Waals surface area contributed by atoms with Crippen molar-refractivity contribution in [2.75, 3.05) is 32.2 Å². The van der Waals surface area contributed by atoms with Gasteiger partial charge in [0.25, 0.3) is 5.91 Å². The molecule has 1 amide bonds. The van der Waals surface area contributed by atoms with E-state index < -0.39 is 0 Å². The molecule has 0 bridgehead atoms. The summed E-state index contributed by atoms with van der Waals surface area (Å²) in [5.41, 5.74) is 1.27. The largest absolute Gasteiger partial charge is 0.493 e. The number of ether oxygens (including phenoxy) is 2. The van der Waals surface area contributed by atoms with Crippen LogP contribution in [0.3, 0.4) is 0 Å². The van der Waals surface area contributed by atoms with E-state index in [1.165, 1.54) is 6.33 Å². The molecule has 1 heterocycles. The van der Waals surface area contributed by atoms with Crippen LogP contribution in [0.5, 0.6) is 11.5 Å². The summed E-state index contributed by atoms with van der Waals surface area (Å²) in [5.74, 6) is 1.83. The highest BCUT2D eigenvalue weighted by molar-refractivity contribution is 5.92. The zero-order chi connectivity index (χ0) is 19.6. The number of nitrogens with zero attached hydrogens (tertiary/aromatic N) is 3. The van der Waals surface area contributed by atoms with Gasteiger partial charge in [0.05, 0.1) is 14.2 Å². The molecule has 0 saturated carbocycles. The Morgan fingerprint density at radius 2 is 1.74 bits per heavy atom. The van der Waals surface area contributed by atoms with Crippen molar-refractivity contribution in [3.63, 3.8) is 0 Å². The van der Waals surface area contributed by atoms with Crippen LogP contribution in [0.2, 0.25) is 0 Å². The first-order valence-electron chi connectivity index (χ1n) is 9.19. The third-order valence-electron chi connectivity index (χ3n) is 4.10. The Labute approximate surface area is 160 Å². The van der Waals surface area contributed by atoms with Gasteiger partial charge in [-0.3, -0.25) is 4.79 Å². The van der Waals surface area contributed by atoms with Gasteiger partial charge in [-0.15, -0.1) is 0 Å². The second-order valence-electron chi connectivity index (χ2n) is 6.12. The van der Waals surface area contributed by atoms with Crippen molar-refractivity contribution >= 4 is 11.7 Å². The van der Waals surface area contributed by atoms with Crippen LogP contribution >= 0.6 is 0 Å². The first-order chi connectivity index (χ1) is 13.1. The molecule has 0 radical (unpaired) electrons. The van der Waals surface area contributed by atoms with Gasteiger partial charge >= 0.3 is 0 Å². The highest BCUT2D eigenvalue weighted by Gasteiger charge is 2.13. The standard InChI is InChI=1S/C20H28N4O3/c1-5-9-24(10-6-2)19-12-16(22-14-23-19)20(25)21-13-15-7-8-17(26-3)18(11-15)27-4/h7-8,11-12,14H,5-6,9-10,13H2,1-4H3,(H,21,25). The Balaban J connectivity index is 2.06. The van der Waals surface area contributed by atoms with Gasteiger partial charge in [0.15, 0.2) is 11.5 Å². The van der Waals surface area contributed by atoms with Gasteiger partial charge in [-0.05, 0) is 30.5 Å². The highest BCUT2D eigenvalue weighted by Crippen LogP contribution is 2.27. The molecule has 1 aromatic heterocycles. The molecule has 146 valence electrons. The lowest BCUT2D eigenvalue weighted by atomic mass is 10.2. The summed E-state index contributed by atoms with van der Waals surface area (Å²) < 4.78 is 10.5. The van der Waals surface area contributed by atoms with Crippen molar-refractivity contribution in [3.8, 4) is 11.5 Å². The summed E-state index contributed by atoms with van der Waals surface area (Å²) in [6, 6.07) is 7.29. The summed E-state index contributed by atoms with van der Waals surface area (Å²) in [7, 11) is 3.17. The molecule has 7 nitrogen and oxygen atoms in total. The lowest BCUT2D eigenvalue weighted by molar-refractivity contribution is 0.0945. The van der Waals surface area contributed by atoms with Crippen LogP contribution < -0.4 is 19.7 Å². The van der Waals surface area contributed by atoms with Gasteiger partial charge in [0, 0.05) is 25.7 Å². The summed E-state index contributed by atoms with van der Waals surface area (Å²) in [4.78, 5) is 23.1. The van der Waals surface area contributed by atoms with Crippen LogP contribution in [0.1, 0.15) is 42.7 Å². The van der Waals surface area contributed by atoms with E-state index in [0.717, 1.165) is 37.3 Å². The van der Waals surface area contributed by atoms with Crippen LogP contribution in [0.25, 0.3) is 0 Å². The predicted molar refractivity (Wildman–Crippen MR) is 106 cm³/mol. The number of anilines is 1. The van der Waals surface area contributed by atoms with Gasteiger partial charge in [-0.2, -0.15) is 0 Å². The number of methoxy groups -OCH3 is 2. The first-order valence-corrected chi connectivity index (χ1v) is 9.19. The molecule has 0 spiro atoms. The normalized spacial score (nSPS) is 10.4. The van der Waals surface area contributed by atoms with E-state index in [-0.39, 0.29) is 5.91 Å². The molecule has 0 saturated heterocycles. The third-order valence-corrected chi connectivity index (χ3v) is 4.10. The van der Waals surface area contributed by atoms with Gasteiger partial charge in [0.1, 0.15) is 17.8 Å². The smallest absolute Gasteiger partial charge is 0.270 e. The lowest BCUT2D eigenvalue weighted by Gasteiger charge is -2.22. The van der Waals surface area contributed by atoms with E-state index in [4.69, 9.17) is 9.47 Å². The average molecular weight is 372 g/mol. The molecule has 0 aliphatic heterocycles. The van der Waals surface area contributed by atoms with Crippen molar-refractivity contribution in [1.82, 2.24) is 15.3 Å². The fourth-order valence-corrected chi connectivity index (χ4v) is 2.79. The molecule has 0 unspecified atom stereocenters. The number of carbonyl (C=O) groups is 1. The minimum Gasteiger partial charge on any atom is -0.493 e. The minimum absolute atomic E-state index is 0.235. The first kappa shape index (κ1) is 20.5. The van der Waals surface area contributed by atoms with Gasteiger partial charge in [-0.1, -0.05) is 19.9 Å². The zero-order valence-corrected chi connectivity index (χ0v) is 16.5. The van der Waals surface area contributed by atoms with E-state index >= 15 is 0 Å². The molecule has 1 aromatic carbocycles. The molecule has 0 atom stereocenters. The second kappa shape index (κ2) is 10.4. The molecule has 0 aliphatic rings. The van der Waals surface area contributed by atoms with E-state index in [1.54, 1.807) is 20.3 Å². The number of rotatable bonds is 10.